The third kappa shape index (κ3) is 2.75. The molecule has 8 nitrogen and oxygen atoms in total. The average molecular weight is 279 g/mol. The number of carbonyl (C=O) groups excluding carboxylic acids is 2. The van der Waals surface area contributed by atoms with Gasteiger partial charge in [-0.15, -0.1) is 0 Å². The third-order valence-corrected chi connectivity index (χ3v) is 3.00. The molecule has 1 aliphatic heterocycles. The molecular weight excluding hydrogens is 266 g/mol. The maximum Gasteiger partial charge on any atom is 0.282 e. The maximum atomic E-state index is 12.3. The Morgan fingerprint density at radius 3 is 2.75 bits per heavy atom. The van der Waals surface area contributed by atoms with E-state index in [9.17, 15) is 19.7 Å². The summed E-state index contributed by atoms with van der Waals surface area (Å²) in [5.41, 5.74) is 4.86. The smallest absolute Gasteiger partial charge is 0.282 e. The van der Waals surface area contributed by atoms with Gasteiger partial charge in [0, 0.05) is 12.6 Å². The molecular formula is C12H13N3O5. The van der Waals surface area contributed by atoms with Gasteiger partial charge in [0.2, 0.25) is 5.91 Å². The summed E-state index contributed by atoms with van der Waals surface area (Å²) >= 11 is 0. The first-order chi connectivity index (χ1) is 9.50. The van der Waals surface area contributed by atoms with E-state index in [0.717, 1.165) is 0 Å². The number of hydrogen-bond donors (Lipinski definition) is 1. The van der Waals surface area contributed by atoms with Gasteiger partial charge < -0.3 is 15.4 Å². The third-order valence-electron chi connectivity index (χ3n) is 3.00. The van der Waals surface area contributed by atoms with Crippen LogP contribution < -0.4 is 5.73 Å². The van der Waals surface area contributed by atoms with Crippen LogP contribution in [0.2, 0.25) is 0 Å². The molecule has 1 fully saturated rings. The van der Waals surface area contributed by atoms with Crippen molar-refractivity contribution in [2.75, 3.05) is 19.7 Å². The molecule has 0 radical (unpaired) electrons. The highest BCUT2D eigenvalue weighted by Crippen LogP contribution is 2.20. The predicted molar refractivity (Wildman–Crippen MR) is 67.9 cm³/mol. The van der Waals surface area contributed by atoms with Gasteiger partial charge in [-0.3, -0.25) is 19.7 Å². The quantitative estimate of drug-likeness (QED) is 0.613. The molecule has 0 spiro atoms. The SMILES string of the molecule is NC(=O)C1CN(C(=O)c2ccccc2[N+](=O)[O-])CCO1. The first kappa shape index (κ1) is 13.9. The summed E-state index contributed by atoms with van der Waals surface area (Å²) in [5.74, 6) is -1.17. The number of ether oxygens (including phenoxy) is 1. The first-order valence-corrected chi connectivity index (χ1v) is 5.94. The number of hydrogen-bond acceptors (Lipinski definition) is 5. The lowest BCUT2D eigenvalue weighted by atomic mass is 10.1. The summed E-state index contributed by atoms with van der Waals surface area (Å²) in [4.78, 5) is 35.0. The summed E-state index contributed by atoms with van der Waals surface area (Å²) in [7, 11) is 0. The number of nitrogens with zero attached hydrogens (tertiary/aromatic N) is 2. The van der Waals surface area contributed by atoms with Crippen LogP contribution in [-0.4, -0.2) is 47.4 Å². The topological polar surface area (TPSA) is 116 Å². The van der Waals surface area contributed by atoms with Crippen LogP contribution >= 0.6 is 0 Å². The fourth-order valence-electron chi connectivity index (χ4n) is 1.99. The minimum atomic E-state index is -0.879. The fraction of sp³-hybridized carbons (Fsp3) is 0.333. The van der Waals surface area contributed by atoms with E-state index in [0.29, 0.717) is 0 Å². The molecule has 0 aromatic heterocycles. The van der Waals surface area contributed by atoms with E-state index in [1.165, 1.54) is 23.1 Å². The molecule has 8 heteroatoms. The lowest BCUT2D eigenvalue weighted by molar-refractivity contribution is -0.385. The Hall–Kier alpha value is -2.48. The standard InChI is InChI=1S/C12H13N3O5/c13-11(16)10-7-14(5-6-20-10)12(17)8-3-1-2-4-9(8)15(18)19/h1-4,10H,5-7H2,(H2,13,16). The molecule has 2 N–H and O–H groups in total. The molecule has 1 unspecified atom stereocenters. The van der Waals surface area contributed by atoms with Gasteiger partial charge in [-0.1, -0.05) is 12.1 Å². The maximum absolute atomic E-state index is 12.3. The Kier molecular flexibility index (Phi) is 3.94. The van der Waals surface area contributed by atoms with Crippen LogP contribution in [0.15, 0.2) is 24.3 Å². The minimum Gasteiger partial charge on any atom is -0.367 e. The summed E-state index contributed by atoms with van der Waals surface area (Å²) in [6.45, 7) is 0.425. The molecule has 1 heterocycles. The lowest BCUT2D eigenvalue weighted by Gasteiger charge is -2.31. The highest BCUT2D eigenvalue weighted by atomic mass is 16.6. The number of benzene rings is 1. The van der Waals surface area contributed by atoms with Gasteiger partial charge in [-0.05, 0) is 6.07 Å². The molecule has 20 heavy (non-hydrogen) atoms. The van der Waals surface area contributed by atoms with Gasteiger partial charge >= 0.3 is 0 Å². The Bertz CT molecular complexity index is 560. The van der Waals surface area contributed by atoms with Gasteiger partial charge in [0.25, 0.3) is 11.6 Å². The van der Waals surface area contributed by atoms with Gasteiger partial charge in [0.15, 0.2) is 6.10 Å². The van der Waals surface area contributed by atoms with Crippen molar-refractivity contribution in [1.82, 2.24) is 4.90 Å². The van der Waals surface area contributed by atoms with Crippen molar-refractivity contribution < 1.29 is 19.2 Å². The van der Waals surface area contributed by atoms with Crippen molar-refractivity contribution in [3.8, 4) is 0 Å². The van der Waals surface area contributed by atoms with Crippen LogP contribution in [-0.2, 0) is 9.53 Å². The predicted octanol–water partition coefficient (Wildman–Crippen LogP) is -0.0789. The number of primary amides is 1. The molecule has 1 aromatic carbocycles. The number of para-hydroxylation sites is 1. The molecule has 1 aliphatic rings. The zero-order valence-electron chi connectivity index (χ0n) is 10.5. The molecule has 0 aliphatic carbocycles. The number of nitro groups is 1. The summed E-state index contributed by atoms with van der Waals surface area (Å²) < 4.78 is 5.13. The highest BCUT2D eigenvalue weighted by Gasteiger charge is 2.31. The lowest BCUT2D eigenvalue weighted by Crippen LogP contribution is -2.50. The monoisotopic (exact) mass is 279 g/mol. The Balaban J connectivity index is 2.23. The summed E-state index contributed by atoms with van der Waals surface area (Å²) in [6.07, 6.45) is -0.879. The minimum absolute atomic E-state index is 0.000214. The van der Waals surface area contributed by atoms with Crippen LogP contribution in [0.4, 0.5) is 5.69 Å². The summed E-state index contributed by atoms with van der Waals surface area (Å²) in [6, 6.07) is 5.68. The van der Waals surface area contributed by atoms with Gasteiger partial charge in [-0.2, -0.15) is 0 Å². The Morgan fingerprint density at radius 1 is 1.40 bits per heavy atom. The second-order valence-corrected chi connectivity index (χ2v) is 4.29. The number of carbonyl (C=O) groups is 2. The van der Waals surface area contributed by atoms with E-state index in [2.05, 4.69) is 0 Å². The normalized spacial score (nSPS) is 18.6. The molecule has 1 aromatic rings. The van der Waals surface area contributed by atoms with Crippen LogP contribution in [0, 0.1) is 10.1 Å². The first-order valence-electron chi connectivity index (χ1n) is 5.94. The van der Waals surface area contributed by atoms with Gasteiger partial charge in [0.05, 0.1) is 18.1 Å². The van der Waals surface area contributed by atoms with Crippen LogP contribution in [0.5, 0.6) is 0 Å². The summed E-state index contributed by atoms with van der Waals surface area (Å²) in [5, 5.41) is 10.9. The van der Waals surface area contributed by atoms with Gasteiger partial charge in [-0.25, -0.2) is 0 Å². The van der Waals surface area contributed by atoms with Gasteiger partial charge in [0.1, 0.15) is 5.56 Å². The Labute approximate surface area is 114 Å². The number of amides is 2. The number of rotatable bonds is 3. The molecule has 0 bridgehead atoms. The zero-order chi connectivity index (χ0) is 14.7. The molecule has 1 saturated heterocycles. The van der Waals surface area contributed by atoms with Crippen LogP contribution in [0.1, 0.15) is 10.4 Å². The molecule has 2 amide bonds. The highest BCUT2D eigenvalue weighted by molar-refractivity contribution is 5.98. The van der Waals surface area contributed by atoms with Crippen molar-refractivity contribution in [3.05, 3.63) is 39.9 Å². The number of nitrogens with two attached hydrogens (primary N) is 1. The van der Waals surface area contributed by atoms with Crippen molar-refractivity contribution >= 4 is 17.5 Å². The van der Waals surface area contributed by atoms with E-state index >= 15 is 0 Å². The van der Waals surface area contributed by atoms with Crippen molar-refractivity contribution in [2.45, 2.75) is 6.10 Å². The largest absolute Gasteiger partial charge is 0.367 e. The second kappa shape index (κ2) is 5.66. The van der Waals surface area contributed by atoms with Crippen LogP contribution in [0.3, 0.4) is 0 Å². The van der Waals surface area contributed by atoms with E-state index in [1.54, 1.807) is 6.07 Å². The van der Waals surface area contributed by atoms with Crippen LogP contribution in [0.25, 0.3) is 0 Å². The molecule has 0 saturated carbocycles. The number of morpholine rings is 1. The molecule has 106 valence electrons. The molecule has 2 rings (SSSR count). The average Bonchev–Trinajstić information content (AvgIpc) is 2.46. The molecule has 1 atom stereocenters. The van der Waals surface area contributed by atoms with E-state index < -0.39 is 22.8 Å². The van der Waals surface area contributed by atoms with Crippen molar-refractivity contribution in [3.63, 3.8) is 0 Å². The fourth-order valence-corrected chi connectivity index (χ4v) is 1.99. The van der Waals surface area contributed by atoms with Crippen molar-refractivity contribution in [1.29, 1.82) is 0 Å². The zero-order valence-corrected chi connectivity index (χ0v) is 10.5. The second-order valence-electron chi connectivity index (χ2n) is 4.29. The number of nitro benzene ring substituents is 1. The van der Waals surface area contributed by atoms with E-state index in [4.69, 9.17) is 10.5 Å². The Morgan fingerprint density at radius 2 is 2.10 bits per heavy atom. The van der Waals surface area contributed by atoms with Crippen molar-refractivity contribution in [2.24, 2.45) is 5.73 Å². The van der Waals surface area contributed by atoms with E-state index in [-0.39, 0.29) is 30.9 Å². The van der Waals surface area contributed by atoms with E-state index in [1.807, 2.05) is 0 Å².